The Bertz CT molecular complexity index is 169. The molecule has 2 saturated heterocycles. The Kier molecular flexibility index (Phi) is 3.38. The first-order valence-corrected chi connectivity index (χ1v) is 5.47. The maximum atomic E-state index is 5.81. The molecule has 0 aromatic heterocycles. The third-order valence-corrected chi connectivity index (χ3v) is 3.03. The molecule has 4 nitrogen and oxygen atoms in total. The van der Waals surface area contributed by atoms with Crippen molar-refractivity contribution in [2.75, 3.05) is 32.9 Å². The van der Waals surface area contributed by atoms with Crippen molar-refractivity contribution in [3.8, 4) is 0 Å². The summed E-state index contributed by atoms with van der Waals surface area (Å²) in [6.45, 7) is 8.81. The Labute approximate surface area is 85.5 Å². The van der Waals surface area contributed by atoms with E-state index in [1.54, 1.807) is 0 Å². The first kappa shape index (κ1) is 10.4. The van der Waals surface area contributed by atoms with E-state index in [4.69, 9.17) is 9.47 Å². The normalized spacial score (nSPS) is 41.1. The van der Waals surface area contributed by atoms with Gasteiger partial charge in [-0.2, -0.15) is 0 Å². The van der Waals surface area contributed by atoms with Crippen molar-refractivity contribution in [2.24, 2.45) is 0 Å². The average Bonchev–Trinajstić information content (AvgIpc) is 2.20. The van der Waals surface area contributed by atoms with Gasteiger partial charge in [0, 0.05) is 25.2 Å². The van der Waals surface area contributed by atoms with Crippen molar-refractivity contribution < 1.29 is 9.47 Å². The van der Waals surface area contributed by atoms with Crippen LogP contribution in [0.3, 0.4) is 0 Å². The lowest BCUT2D eigenvalue weighted by molar-refractivity contribution is -0.144. The SMILES string of the molecule is C[C@@H]1NCCOC1N1CCOC[C@H]1C. The highest BCUT2D eigenvalue weighted by Crippen LogP contribution is 2.16. The van der Waals surface area contributed by atoms with Gasteiger partial charge in [0.2, 0.25) is 0 Å². The average molecular weight is 200 g/mol. The summed E-state index contributed by atoms with van der Waals surface area (Å²) in [5, 5.41) is 3.44. The van der Waals surface area contributed by atoms with E-state index >= 15 is 0 Å². The standard InChI is InChI=1S/C10H20N2O2/c1-8-7-13-6-4-12(8)10-9(2)11-3-5-14-10/h8-11H,3-7H2,1-2H3/t8-,9+,10?/m1/s1. The van der Waals surface area contributed by atoms with Crippen LogP contribution in [0.25, 0.3) is 0 Å². The highest BCUT2D eigenvalue weighted by atomic mass is 16.5. The third-order valence-electron chi connectivity index (χ3n) is 3.03. The molecule has 82 valence electrons. The summed E-state index contributed by atoms with van der Waals surface area (Å²) >= 11 is 0. The molecular weight excluding hydrogens is 180 g/mol. The molecule has 0 bridgehead atoms. The van der Waals surface area contributed by atoms with E-state index < -0.39 is 0 Å². The lowest BCUT2D eigenvalue weighted by atomic mass is 10.1. The van der Waals surface area contributed by atoms with Gasteiger partial charge in [-0.3, -0.25) is 4.90 Å². The van der Waals surface area contributed by atoms with Gasteiger partial charge in [0.05, 0.1) is 19.8 Å². The third kappa shape index (κ3) is 2.08. The molecule has 2 rings (SSSR count). The number of nitrogens with one attached hydrogen (secondary N) is 1. The zero-order valence-corrected chi connectivity index (χ0v) is 9.03. The molecule has 0 aliphatic carbocycles. The predicted octanol–water partition coefficient (Wildman–Crippen LogP) is 0.0415. The summed E-state index contributed by atoms with van der Waals surface area (Å²) in [7, 11) is 0. The van der Waals surface area contributed by atoms with E-state index in [1.807, 2.05) is 0 Å². The molecule has 14 heavy (non-hydrogen) atoms. The molecule has 2 heterocycles. The Hall–Kier alpha value is -0.160. The van der Waals surface area contributed by atoms with Crippen LogP contribution in [0, 0.1) is 0 Å². The summed E-state index contributed by atoms with van der Waals surface area (Å²) in [4.78, 5) is 2.40. The van der Waals surface area contributed by atoms with Crippen LogP contribution in [-0.2, 0) is 9.47 Å². The minimum atomic E-state index is 0.225. The molecule has 2 aliphatic rings. The smallest absolute Gasteiger partial charge is 0.126 e. The number of hydrogen-bond acceptors (Lipinski definition) is 4. The van der Waals surface area contributed by atoms with Crippen molar-refractivity contribution >= 4 is 0 Å². The van der Waals surface area contributed by atoms with Gasteiger partial charge in [-0.15, -0.1) is 0 Å². The molecule has 0 spiro atoms. The van der Waals surface area contributed by atoms with Crippen LogP contribution in [0.1, 0.15) is 13.8 Å². The van der Waals surface area contributed by atoms with Gasteiger partial charge in [-0.05, 0) is 13.8 Å². The quantitative estimate of drug-likeness (QED) is 0.648. The Morgan fingerprint density at radius 1 is 1.29 bits per heavy atom. The van der Waals surface area contributed by atoms with Crippen LogP contribution in [0.15, 0.2) is 0 Å². The second-order valence-electron chi connectivity index (χ2n) is 4.17. The monoisotopic (exact) mass is 200 g/mol. The van der Waals surface area contributed by atoms with Crippen molar-refractivity contribution in [1.29, 1.82) is 0 Å². The Balaban J connectivity index is 1.96. The number of nitrogens with zero attached hydrogens (tertiary/aromatic N) is 1. The number of ether oxygens (including phenoxy) is 2. The van der Waals surface area contributed by atoms with E-state index in [9.17, 15) is 0 Å². The van der Waals surface area contributed by atoms with E-state index in [0.29, 0.717) is 12.1 Å². The second kappa shape index (κ2) is 4.57. The zero-order chi connectivity index (χ0) is 9.97. The summed E-state index contributed by atoms with van der Waals surface area (Å²) in [6.07, 6.45) is 0.225. The summed E-state index contributed by atoms with van der Waals surface area (Å²) in [5.74, 6) is 0. The molecule has 0 saturated carbocycles. The van der Waals surface area contributed by atoms with Crippen LogP contribution >= 0.6 is 0 Å². The maximum Gasteiger partial charge on any atom is 0.126 e. The Morgan fingerprint density at radius 3 is 2.86 bits per heavy atom. The van der Waals surface area contributed by atoms with Gasteiger partial charge in [0.1, 0.15) is 6.23 Å². The van der Waals surface area contributed by atoms with Gasteiger partial charge in [-0.25, -0.2) is 0 Å². The summed E-state index contributed by atoms with van der Waals surface area (Å²) in [5.41, 5.74) is 0. The molecule has 0 aromatic rings. The van der Waals surface area contributed by atoms with Crippen LogP contribution < -0.4 is 5.32 Å². The molecule has 2 aliphatic heterocycles. The molecule has 0 amide bonds. The van der Waals surface area contributed by atoms with E-state index in [1.165, 1.54) is 0 Å². The lowest BCUT2D eigenvalue weighted by Crippen LogP contribution is -2.60. The summed E-state index contributed by atoms with van der Waals surface area (Å²) < 4.78 is 11.2. The topological polar surface area (TPSA) is 33.7 Å². The number of hydrogen-bond donors (Lipinski definition) is 1. The second-order valence-corrected chi connectivity index (χ2v) is 4.17. The van der Waals surface area contributed by atoms with Crippen molar-refractivity contribution in [1.82, 2.24) is 10.2 Å². The van der Waals surface area contributed by atoms with E-state index in [0.717, 1.165) is 32.9 Å². The fourth-order valence-electron chi connectivity index (χ4n) is 2.21. The van der Waals surface area contributed by atoms with Gasteiger partial charge in [-0.1, -0.05) is 0 Å². The van der Waals surface area contributed by atoms with E-state index in [2.05, 4.69) is 24.1 Å². The van der Waals surface area contributed by atoms with Gasteiger partial charge >= 0.3 is 0 Å². The molecule has 0 radical (unpaired) electrons. The van der Waals surface area contributed by atoms with Crippen LogP contribution in [0.5, 0.6) is 0 Å². The highest BCUT2D eigenvalue weighted by Gasteiger charge is 2.32. The molecule has 2 fully saturated rings. The fraction of sp³-hybridized carbons (Fsp3) is 1.00. The Morgan fingerprint density at radius 2 is 2.14 bits per heavy atom. The van der Waals surface area contributed by atoms with Crippen LogP contribution in [0.4, 0.5) is 0 Å². The molecule has 1 unspecified atom stereocenters. The first-order chi connectivity index (χ1) is 6.79. The highest BCUT2D eigenvalue weighted by molar-refractivity contribution is 4.82. The molecule has 0 aromatic carbocycles. The van der Waals surface area contributed by atoms with Crippen molar-refractivity contribution in [3.63, 3.8) is 0 Å². The van der Waals surface area contributed by atoms with Crippen molar-refractivity contribution in [3.05, 3.63) is 0 Å². The summed E-state index contributed by atoms with van der Waals surface area (Å²) in [6, 6.07) is 0.889. The van der Waals surface area contributed by atoms with Crippen LogP contribution in [-0.4, -0.2) is 56.1 Å². The minimum Gasteiger partial charge on any atom is -0.379 e. The predicted molar refractivity (Wildman–Crippen MR) is 54.2 cm³/mol. The zero-order valence-electron chi connectivity index (χ0n) is 9.03. The molecule has 4 heteroatoms. The van der Waals surface area contributed by atoms with Gasteiger partial charge in [0.25, 0.3) is 0 Å². The van der Waals surface area contributed by atoms with Gasteiger partial charge < -0.3 is 14.8 Å². The lowest BCUT2D eigenvalue weighted by Gasteiger charge is -2.43. The van der Waals surface area contributed by atoms with Crippen molar-refractivity contribution in [2.45, 2.75) is 32.2 Å². The number of rotatable bonds is 1. The molecule has 3 atom stereocenters. The number of morpholine rings is 2. The van der Waals surface area contributed by atoms with E-state index in [-0.39, 0.29) is 6.23 Å². The fourth-order valence-corrected chi connectivity index (χ4v) is 2.21. The van der Waals surface area contributed by atoms with Gasteiger partial charge in [0.15, 0.2) is 0 Å². The minimum absolute atomic E-state index is 0.225. The maximum absolute atomic E-state index is 5.81. The molecule has 1 N–H and O–H groups in total. The largest absolute Gasteiger partial charge is 0.379 e. The first-order valence-electron chi connectivity index (χ1n) is 5.47. The molecular formula is C10H20N2O2. The van der Waals surface area contributed by atoms with Crippen LogP contribution in [0.2, 0.25) is 0 Å².